The molecule has 2 N–H and O–H groups in total. The van der Waals surface area contributed by atoms with Crippen molar-refractivity contribution >= 4 is 8.80 Å². The van der Waals surface area contributed by atoms with Crippen LogP contribution in [0.1, 0.15) is 33.0 Å². The van der Waals surface area contributed by atoms with Crippen molar-refractivity contribution in [2.45, 2.75) is 39.8 Å². The van der Waals surface area contributed by atoms with Gasteiger partial charge < -0.3 is 23.6 Å². The van der Waals surface area contributed by atoms with Gasteiger partial charge in [0.15, 0.2) is 0 Å². The molecule has 1 rings (SSSR count). The van der Waals surface area contributed by atoms with Crippen LogP contribution in [-0.4, -0.2) is 45.1 Å². The van der Waals surface area contributed by atoms with E-state index in [1.165, 1.54) is 0 Å². The molecule has 0 aliphatic heterocycles. The quantitative estimate of drug-likeness (QED) is 0.456. The van der Waals surface area contributed by atoms with Gasteiger partial charge in [0.2, 0.25) is 0 Å². The van der Waals surface area contributed by atoms with E-state index < -0.39 is 8.80 Å². The fourth-order valence-electron chi connectivity index (χ4n) is 2.03. The number of rotatable bonds is 12. The Labute approximate surface area is 122 Å². The van der Waals surface area contributed by atoms with E-state index in [1.807, 2.05) is 27.0 Å². The molecule has 0 aliphatic carbocycles. The highest BCUT2D eigenvalue weighted by molar-refractivity contribution is 6.60. The maximum absolute atomic E-state index is 5.81. The van der Waals surface area contributed by atoms with Crippen LogP contribution in [0.3, 0.4) is 0 Å². The fourth-order valence-corrected chi connectivity index (χ4v) is 4.64. The van der Waals surface area contributed by atoms with E-state index >= 15 is 0 Å². The van der Waals surface area contributed by atoms with Crippen molar-refractivity contribution in [3.63, 3.8) is 0 Å². The molecule has 6 nitrogen and oxygen atoms in total. The van der Waals surface area contributed by atoms with E-state index in [4.69, 9.17) is 13.3 Å². The number of nitrogens with zero attached hydrogens (tertiary/aromatic N) is 1. The minimum atomic E-state index is -2.48. The molecule has 0 aliphatic rings. The fraction of sp³-hybridized carbons (Fsp3) is 0.769. The first kappa shape index (κ1) is 17.3. The van der Waals surface area contributed by atoms with Crippen molar-refractivity contribution in [3.8, 4) is 0 Å². The van der Waals surface area contributed by atoms with Gasteiger partial charge in [0, 0.05) is 38.3 Å². The molecule has 0 spiro atoms. The summed E-state index contributed by atoms with van der Waals surface area (Å²) in [6, 6.07) is 0.841. The number of H-pyrrole nitrogens is 1. The van der Waals surface area contributed by atoms with Gasteiger partial charge in [-0.3, -0.25) is 0 Å². The van der Waals surface area contributed by atoms with Crippen molar-refractivity contribution < 1.29 is 13.3 Å². The topological polar surface area (TPSA) is 68.4 Å². The van der Waals surface area contributed by atoms with Crippen LogP contribution in [0.5, 0.6) is 0 Å². The minimum Gasteiger partial charge on any atom is -0.374 e. The van der Waals surface area contributed by atoms with Crippen LogP contribution in [0, 0.1) is 0 Å². The number of hydrogen-bond acceptors (Lipinski definition) is 5. The summed E-state index contributed by atoms with van der Waals surface area (Å²) in [5.74, 6) is 0.952. The lowest BCUT2D eigenvalue weighted by molar-refractivity contribution is 0.0708. The summed E-state index contributed by atoms with van der Waals surface area (Å²) in [4.78, 5) is 7.23. The third kappa shape index (κ3) is 6.15. The molecule has 0 fully saturated rings. The van der Waals surface area contributed by atoms with E-state index in [2.05, 4.69) is 15.3 Å². The number of nitrogens with one attached hydrogen (secondary N) is 2. The molecule has 1 aromatic heterocycles. The maximum Gasteiger partial charge on any atom is 0.500 e. The molecule has 0 saturated heterocycles. The van der Waals surface area contributed by atoms with Gasteiger partial charge in [-0.05, 0) is 33.7 Å². The van der Waals surface area contributed by atoms with Crippen LogP contribution in [0.15, 0.2) is 12.4 Å². The Kier molecular flexibility index (Phi) is 8.71. The zero-order chi connectivity index (χ0) is 14.7. The molecule has 0 radical (unpaired) electrons. The van der Waals surface area contributed by atoms with E-state index in [0.29, 0.717) is 19.8 Å². The first-order valence-electron chi connectivity index (χ1n) is 7.37. The molecule has 1 aromatic rings. The van der Waals surface area contributed by atoms with E-state index in [9.17, 15) is 0 Å². The van der Waals surface area contributed by atoms with E-state index in [1.54, 1.807) is 6.20 Å². The second kappa shape index (κ2) is 10.1. The van der Waals surface area contributed by atoms with Gasteiger partial charge in [-0.2, -0.15) is 0 Å². The van der Waals surface area contributed by atoms with Crippen LogP contribution in [0.4, 0.5) is 0 Å². The SMILES string of the molecule is CCO[Si](CCCNCc1ncc[nH]1)(OCC)OCC. The predicted octanol–water partition coefficient (Wildman–Crippen LogP) is 1.94. The lowest BCUT2D eigenvalue weighted by Crippen LogP contribution is -2.46. The van der Waals surface area contributed by atoms with Crippen molar-refractivity contribution in [2.75, 3.05) is 26.4 Å². The average Bonchev–Trinajstić information content (AvgIpc) is 2.92. The Balaban J connectivity index is 2.29. The van der Waals surface area contributed by atoms with Gasteiger partial charge in [-0.1, -0.05) is 0 Å². The molecule has 0 bridgehead atoms. The Morgan fingerprint density at radius 3 is 2.30 bits per heavy atom. The van der Waals surface area contributed by atoms with Crippen LogP contribution >= 0.6 is 0 Å². The summed E-state index contributed by atoms with van der Waals surface area (Å²) >= 11 is 0. The van der Waals surface area contributed by atoms with Crippen molar-refractivity contribution in [2.24, 2.45) is 0 Å². The summed E-state index contributed by atoms with van der Waals surface area (Å²) in [7, 11) is -2.48. The van der Waals surface area contributed by atoms with Crippen LogP contribution in [0.2, 0.25) is 6.04 Å². The molecular weight excluding hydrogens is 274 g/mol. The first-order chi connectivity index (χ1) is 9.76. The minimum absolute atomic E-state index is 0.631. The van der Waals surface area contributed by atoms with Crippen molar-refractivity contribution in [1.82, 2.24) is 15.3 Å². The smallest absolute Gasteiger partial charge is 0.374 e. The van der Waals surface area contributed by atoms with E-state index in [0.717, 1.165) is 31.4 Å². The molecule has 1 heterocycles. The number of aromatic nitrogens is 2. The van der Waals surface area contributed by atoms with Crippen molar-refractivity contribution in [1.29, 1.82) is 0 Å². The largest absolute Gasteiger partial charge is 0.500 e. The number of hydrogen-bond donors (Lipinski definition) is 2. The molecule has 116 valence electrons. The zero-order valence-electron chi connectivity index (χ0n) is 12.8. The van der Waals surface area contributed by atoms with Crippen LogP contribution in [0.25, 0.3) is 0 Å². The Morgan fingerprint density at radius 2 is 1.80 bits per heavy atom. The van der Waals surface area contributed by atoms with Gasteiger partial charge in [-0.15, -0.1) is 0 Å². The summed E-state index contributed by atoms with van der Waals surface area (Å²) in [6.07, 6.45) is 4.55. The molecule has 0 saturated carbocycles. The monoisotopic (exact) mass is 301 g/mol. The highest BCUT2D eigenvalue weighted by Crippen LogP contribution is 2.17. The Hall–Kier alpha value is -0.733. The molecule has 7 heteroatoms. The van der Waals surface area contributed by atoms with Gasteiger partial charge >= 0.3 is 8.80 Å². The normalized spacial score (nSPS) is 11.9. The van der Waals surface area contributed by atoms with Gasteiger partial charge in [0.25, 0.3) is 0 Å². The Bertz CT molecular complexity index is 319. The first-order valence-corrected chi connectivity index (χ1v) is 9.30. The van der Waals surface area contributed by atoms with Crippen LogP contribution in [-0.2, 0) is 19.8 Å². The van der Waals surface area contributed by atoms with Crippen LogP contribution < -0.4 is 5.32 Å². The zero-order valence-corrected chi connectivity index (χ0v) is 13.8. The van der Waals surface area contributed by atoms with Gasteiger partial charge in [0.1, 0.15) is 5.82 Å². The molecule has 0 unspecified atom stereocenters. The third-order valence-electron chi connectivity index (χ3n) is 2.78. The lowest BCUT2D eigenvalue weighted by atomic mass is 10.4. The number of aromatic amines is 1. The average molecular weight is 301 g/mol. The second-order valence-electron chi connectivity index (χ2n) is 4.30. The lowest BCUT2D eigenvalue weighted by Gasteiger charge is -2.28. The summed E-state index contributed by atoms with van der Waals surface area (Å²) in [5, 5.41) is 3.35. The van der Waals surface area contributed by atoms with Gasteiger partial charge in [0.05, 0.1) is 6.54 Å². The summed E-state index contributed by atoms with van der Waals surface area (Å²) in [6.45, 7) is 9.48. The molecule has 0 atom stereocenters. The predicted molar refractivity (Wildman–Crippen MR) is 80.4 cm³/mol. The van der Waals surface area contributed by atoms with Crippen molar-refractivity contribution in [3.05, 3.63) is 18.2 Å². The second-order valence-corrected chi connectivity index (χ2v) is 7.03. The molecular formula is C13H27N3O3Si. The summed E-state index contributed by atoms with van der Waals surface area (Å²) in [5.41, 5.74) is 0. The summed E-state index contributed by atoms with van der Waals surface area (Å²) < 4.78 is 17.4. The standard InChI is InChI=1S/C13H27N3O3Si/c1-4-17-20(18-5-2,19-6-3)11-7-8-14-12-13-15-9-10-16-13/h9-10,14H,4-8,11-12H2,1-3H3,(H,15,16). The third-order valence-corrected chi connectivity index (χ3v) is 5.93. The Morgan fingerprint density at radius 1 is 1.15 bits per heavy atom. The highest BCUT2D eigenvalue weighted by Gasteiger charge is 2.39. The molecule has 0 aromatic carbocycles. The maximum atomic E-state index is 5.81. The van der Waals surface area contributed by atoms with E-state index in [-0.39, 0.29) is 0 Å². The molecule has 20 heavy (non-hydrogen) atoms. The molecule has 0 amide bonds. The highest BCUT2D eigenvalue weighted by atomic mass is 28.4. The van der Waals surface area contributed by atoms with Gasteiger partial charge in [-0.25, -0.2) is 4.98 Å². The number of imidazole rings is 1.